The van der Waals surface area contributed by atoms with Crippen LogP contribution in [0.4, 0.5) is 17.6 Å². The summed E-state index contributed by atoms with van der Waals surface area (Å²) in [7, 11) is 0. The van der Waals surface area contributed by atoms with Gasteiger partial charge < -0.3 is 4.74 Å². The Kier molecular flexibility index (Phi) is 7.58. The van der Waals surface area contributed by atoms with Gasteiger partial charge >= 0.3 is 5.97 Å². The highest BCUT2D eigenvalue weighted by atomic mass is 19.2. The van der Waals surface area contributed by atoms with Crippen LogP contribution < -0.4 is 0 Å². The van der Waals surface area contributed by atoms with E-state index in [-0.39, 0.29) is 12.3 Å². The number of hydrogen-bond acceptors (Lipinski definition) is 4. The number of nitrogens with zero attached hydrogens (tertiary/aromatic N) is 2. The summed E-state index contributed by atoms with van der Waals surface area (Å²) in [6.07, 6.45) is 3.69. The zero-order valence-electron chi connectivity index (χ0n) is 18.1. The first kappa shape index (κ1) is 24.1. The van der Waals surface area contributed by atoms with Crippen molar-refractivity contribution in [3.8, 4) is 11.4 Å². The summed E-state index contributed by atoms with van der Waals surface area (Å²) in [5.74, 6) is -7.76. The lowest BCUT2D eigenvalue weighted by Gasteiger charge is -2.20. The van der Waals surface area contributed by atoms with Gasteiger partial charge in [0.1, 0.15) is 6.61 Å². The molecule has 4 nitrogen and oxygen atoms in total. The van der Waals surface area contributed by atoms with Gasteiger partial charge in [0.2, 0.25) is 0 Å². The van der Waals surface area contributed by atoms with Gasteiger partial charge in [0.05, 0.1) is 11.5 Å². The molecule has 2 aromatic carbocycles. The quantitative estimate of drug-likeness (QED) is 0.182. The number of ether oxygens (including phenoxy) is 1. The Morgan fingerprint density at radius 1 is 0.970 bits per heavy atom. The fourth-order valence-electron chi connectivity index (χ4n) is 3.43. The van der Waals surface area contributed by atoms with Crippen LogP contribution in [0.5, 0.6) is 0 Å². The molecule has 1 aromatic heterocycles. The minimum Gasteiger partial charge on any atom is -0.460 e. The van der Waals surface area contributed by atoms with Gasteiger partial charge in [-0.3, -0.25) is 4.79 Å². The van der Waals surface area contributed by atoms with Crippen molar-refractivity contribution < 1.29 is 27.1 Å². The molecule has 0 radical (unpaired) electrons. The minimum atomic E-state index is -1.60. The van der Waals surface area contributed by atoms with Crippen LogP contribution in [0.2, 0.25) is 0 Å². The minimum absolute atomic E-state index is 0.276. The second-order valence-electron chi connectivity index (χ2n) is 7.74. The van der Waals surface area contributed by atoms with Gasteiger partial charge in [-0.2, -0.15) is 0 Å². The molecule has 0 amide bonds. The third-order valence-electron chi connectivity index (χ3n) is 5.14. The molecule has 0 saturated heterocycles. The van der Waals surface area contributed by atoms with Crippen molar-refractivity contribution in [3.05, 3.63) is 95.3 Å². The number of allylic oxidation sites excluding steroid dienone is 1. The van der Waals surface area contributed by atoms with Crippen LogP contribution in [-0.4, -0.2) is 15.9 Å². The Hall–Kier alpha value is -3.55. The Morgan fingerprint density at radius 3 is 2.03 bits per heavy atom. The monoisotopic (exact) mass is 458 g/mol. The lowest BCUT2D eigenvalue weighted by atomic mass is 9.90. The molecule has 33 heavy (non-hydrogen) atoms. The average Bonchev–Trinajstić information content (AvgIpc) is 2.81. The molecule has 1 unspecified atom stereocenters. The maximum Gasteiger partial charge on any atom is 0.314 e. The molecule has 0 spiro atoms. The molecule has 0 saturated carbocycles. The molecule has 0 aliphatic heterocycles. The molecule has 3 rings (SSSR count). The van der Waals surface area contributed by atoms with Crippen LogP contribution in [0.15, 0.2) is 55.4 Å². The molecule has 1 atom stereocenters. The molecular formula is C25H22F4N2O2. The third kappa shape index (κ3) is 5.10. The lowest BCUT2D eigenvalue weighted by molar-refractivity contribution is -0.148. The number of aromatic nitrogens is 2. The van der Waals surface area contributed by atoms with E-state index < -0.39 is 52.9 Å². The first-order valence-corrected chi connectivity index (χ1v) is 10.2. The standard InChI is InChI=1S/C25H22F4N2O2/c1-4-8-17-20(26)22(28)18(23(29)21(17)27)13-33-25(32)19(14(2)3)16-11-30-24(31-12-16)15-9-6-5-7-10-15/h4-7,9-12,14,19H,1,8,13H2,2-3H3. The number of esters is 1. The summed E-state index contributed by atoms with van der Waals surface area (Å²) in [4.78, 5) is 21.3. The van der Waals surface area contributed by atoms with E-state index in [9.17, 15) is 22.4 Å². The molecule has 0 bridgehead atoms. The van der Waals surface area contributed by atoms with Gasteiger partial charge in [0.25, 0.3) is 0 Å². The second kappa shape index (κ2) is 10.4. The molecule has 0 aliphatic carbocycles. The van der Waals surface area contributed by atoms with Crippen molar-refractivity contribution in [2.45, 2.75) is 32.8 Å². The van der Waals surface area contributed by atoms with Gasteiger partial charge in [-0.1, -0.05) is 50.3 Å². The first-order chi connectivity index (χ1) is 15.8. The summed E-state index contributed by atoms with van der Waals surface area (Å²) in [5, 5.41) is 0. The van der Waals surface area contributed by atoms with E-state index in [2.05, 4.69) is 16.5 Å². The molecule has 8 heteroatoms. The summed E-state index contributed by atoms with van der Waals surface area (Å²) in [6.45, 7) is 5.84. The van der Waals surface area contributed by atoms with Crippen molar-refractivity contribution in [2.24, 2.45) is 5.92 Å². The fourth-order valence-corrected chi connectivity index (χ4v) is 3.43. The Balaban J connectivity index is 1.81. The van der Waals surface area contributed by atoms with Gasteiger partial charge in [-0.25, -0.2) is 27.5 Å². The summed E-state index contributed by atoms with van der Waals surface area (Å²) in [5.41, 5.74) is -0.535. The predicted octanol–water partition coefficient (Wildman–Crippen LogP) is 5.91. The Morgan fingerprint density at radius 2 is 1.52 bits per heavy atom. The third-order valence-corrected chi connectivity index (χ3v) is 5.14. The van der Waals surface area contributed by atoms with E-state index in [1.54, 1.807) is 13.8 Å². The Labute approximate surface area is 189 Å². The Bertz CT molecular complexity index is 1120. The highest BCUT2D eigenvalue weighted by molar-refractivity contribution is 5.78. The van der Waals surface area contributed by atoms with E-state index in [1.807, 2.05) is 30.3 Å². The molecule has 172 valence electrons. The molecule has 3 aromatic rings. The first-order valence-electron chi connectivity index (χ1n) is 10.2. The fraction of sp³-hybridized carbons (Fsp3) is 0.240. The predicted molar refractivity (Wildman–Crippen MR) is 115 cm³/mol. The largest absolute Gasteiger partial charge is 0.460 e. The number of carbonyl (C=O) groups excluding carboxylic acids is 1. The van der Waals surface area contributed by atoms with Gasteiger partial charge in [0, 0.05) is 29.1 Å². The SMILES string of the molecule is C=CCc1c(F)c(F)c(COC(=O)C(c2cnc(-c3ccccc3)nc2)C(C)C)c(F)c1F. The average molecular weight is 458 g/mol. The molecule has 1 heterocycles. The van der Waals surface area contributed by atoms with Crippen molar-refractivity contribution in [2.75, 3.05) is 0 Å². The van der Waals surface area contributed by atoms with Gasteiger partial charge in [-0.15, -0.1) is 6.58 Å². The van der Waals surface area contributed by atoms with E-state index in [0.29, 0.717) is 11.4 Å². The number of hydrogen-bond donors (Lipinski definition) is 0. The van der Waals surface area contributed by atoms with Crippen LogP contribution in [0.3, 0.4) is 0 Å². The maximum absolute atomic E-state index is 14.3. The molecule has 0 N–H and O–H groups in total. The van der Waals surface area contributed by atoms with E-state index in [0.717, 1.165) is 11.6 Å². The lowest BCUT2D eigenvalue weighted by Crippen LogP contribution is -2.22. The summed E-state index contributed by atoms with van der Waals surface area (Å²) >= 11 is 0. The van der Waals surface area contributed by atoms with Crippen LogP contribution in [0.1, 0.15) is 36.5 Å². The highest BCUT2D eigenvalue weighted by Gasteiger charge is 2.29. The number of rotatable bonds is 8. The van der Waals surface area contributed by atoms with Gasteiger partial charge in [0.15, 0.2) is 29.1 Å². The van der Waals surface area contributed by atoms with Gasteiger partial charge in [-0.05, 0) is 12.3 Å². The zero-order chi connectivity index (χ0) is 24.1. The summed E-state index contributed by atoms with van der Waals surface area (Å²) in [6, 6.07) is 9.22. The van der Waals surface area contributed by atoms with Crippen molar-refractivity contribution in [3.63, 3.8) is 0 Å². The normalized spacial score (nSPS) is 12.0. The van der Waals surface area contributed by atoms with Crippen LogP contribution in [0.25, 0.3) is 11.4 Å². The number of halogens is 4. The molecule has 0 fully saturated rings. The van der Waals surface area contributed by atoms with Crippen LogP contribution >= 0.6 is 0 Å². The van der Waals surface area contributed by atoms with E-state index >= 15 is 0 Å². The topological polar surface area (TPSA) is 52.1 Å². The maximum atomic E-state index is 14.3. The molecule has 0 aliphatic rings. The van der Waals surface area contributed by atoms with Crippen LogP contribution in [0, 0.1) is 29.2 Å². The highest BCUT2D eigenvalue weighted by Crippen LogP contribution is 2.29. The van der Waals surface area contributed by atoms with E-state index in [4.69, 9.17) is 4.74 Å². The number of carbonyl (C=O) groups is 1. The van der Waals surface area contributed by atoms with E-state index in [1.165, 1.54) is 12.4 Å². The van der Waals surface area contributed by atoms with Crippen molar-refractivity contribution >= 4 is 5.97 Å². The number of benzene rings is 2. The van der Waals surface area contributed by atoms with Crippen LogP contribution in [-0.2, 0) is 22.6 Å². The second-order valence-corrected chi connectivity index (χ2v) is 7.74. The van der Waals surface area contributed by atoms with Crippen molar-refractivity contribution in [1.82, 2.24) is 9.97 Å². The molecular weight excluding hydrogens is 436 g/mol. The van der Waals surface area contributed by atoms with Crippen molar-refractivity contribution in [1.29, 1.82) is 0 Å². The smallest absolute Gasteiger partial charge is 0.314 e. The summed E-state index contributed by atoms with van der Waals surface area (Å²) < 4.78 is 62.1. The zero-order valence-corrected chi connectivity index (χ0v) is 18.1.